The lowest BCUT2D eigenvalue weighted by Crippen LogP contribution is -2.45. The van der Waals surface area contributed by atoms with Crippen molar-refractivity contribution in [2.45, 2.75) is 26.3 Å². The minimum absolute atomic E-state index is 0.0790. The summed E-state index contributed by atoms with van der Waals surface area (Å²) in [5.41, 5.74) is 7.89. The second-order valence-electron chi connectivity index (χ2n) is 5.12. The van der Waals surface area contributed by atoms with Crippen LogP contribution in [0.25, 0.3) is 0 Å². The summed E-state index contributed by atoms with van der Waals surface area (Å²) in [4.78, 5) is 25.6. The monoisotopic (exact) mass is 261 g/mol. The third-order valence-electron chi connectivity index (χ3n) is 3.09. The molecule has 19 heavy (non-hydrogen) atoms. The Kier molecular flexibility index (Phi) is 3.74. The zero-order valence-electron chi connectivity index (χ0n) is 11.3. The molecule has 1 heterocycles. The molecule has 1 aliphatic rings. The standard InChI is InChI=1S/C14H19N3O2/c1-9(2)16-13(18)8-17-6-5-10-3-4-11(15)7-12(10)14(17)19/h3-4,7,9H,5-6,8,15H2,1-2H3,(H,16,18). The average Bonchev–Trinajstić information content (AvgIpc) is 2.32. The van der Waals surface area contributed by atoms with Gasteiger partial charge in [0.25, 0.3) is 5.91 Å². The van der Waals surface area contributed by atoms with Crippen molar-refractivity contribution < 1.29 is 9.59 Å². The van der Waals surface area contributed by atoms with Crippen molar-refractivity contribution in [2.75, 3.05) is 18.8 Å². The van der Waals surface area contributed by atoms with Crippen LogP contribution in [0.4, 0.5) is 5.69 Å². The molecule has 0 atom stereocenters. The highest BCUT2D eigenvalue weighted by atomic mass is 16.2. The van der Waals surface area contributed by atoms with Crippen LogP contribution in [-0.2, 0) is 11.2 Å². The minimum Gasteiger partial charge on any atom is -0.399 e. The Morgan fingerprint density at radius 1 is 1.47 bits per heavy atom. The number of carbonyl (C=O) groups excluding carboxylic acids is 2. The average molecular weight is 261 g/mol. The van der Waals surface area contributed by atoms with Gasteiger partial charge in [-0.2, -0.15) is 0 Å². The number of anilines is 1. The van der Waals surface area contributed by atoms with Gasteiger partial charge in [-0.1, -0.05) is 6.07 Å². The Morgan fingerprint density at radius 2 is 2.21 bits per heavy atom. The van der Waals surface area contributed by atoms with E-state index in [1.54, 1.807) is 17.0 Å². The van der Waals surface area contributed by atoms with Crippen LogP contribution in [-0.4, -0.2) is 35.8 Å². The number of carbonyl (C=O) groups is 2. The van der Waals surface area contributed by atoms with E-state index in [0.717, 1.165) is 12.0 Å². The number of benzene rings is 1. The lowest BCUT2D eigenvalue weighted by atomic mass is 9.98. The Hall–Kier alpha value is -2.04. The highest BCUT2D eigenvalue weighted by Crippen LogP contribution is 2.21. The molecule has 0 aliphatic carbocycles. The van der Waals surface area contributed by atoms with E-state index in [2.05, 4.69) is 5.32 Å². The number of hydrogen-bond acceptors (Lipinski definition) is 3. The molecule has 1 aliphatic heterocycles. The molecule has 2 rings (SSSR count). The fourth-order valence-electron chi connectivity index (χ4n) is 2.23. The molecule has 0 spiro atoms. The first-order valence-electron chi connectivity index (χ1n) is 6.44. The number of nitrogen functional groups attached to an aromatic ring is 1. The third-order valence-corrected chi connectivity index (χ3v) is 3.09. The first-order valence-corrected chi connectivity index (χ1v) is 6.44. The van der Waals surface area contributed by atoms with Gasteiger partial charge in [-0.05, 0) is 38.0 Å². The zero-order valence-corrected chi connectivity index (χ0v) is 11.3. The summed E-state index contributed by atoms with van der Waals surface area (Å²) in [5, 5.41) is 2.79. The number of nitrogens with one attached hydrogen (secondary N) is 1. The second kappa shape index (κ2) is 5.30. The maximum absolute atomic E-state index is 12.3. The lowest BCUT2D eigenvalue weighted by molar-refractivity contribution is -0.122. The van der Waals surface area contributed by atoms with E-state index in [-0.39, 0.29) is 24.4 Å². The zero-order chi connectivity index (χ0) is 14.0. The Morgan fingerprint density at radius 3 is 2.89 bits per heavy atom. The molecule has 102 valence electrons. The minimum atomic E-state index is -0.129. The quantitative estimate of drug-likeness (QED) is 0.790. The third kappa shape index (κ3) is 3.05. The fourth-order valence-corrected chi connectivity index (χ4v) is 2.23. The molecular weight excluding hydrogens is 242 g/mol. The van der Waals surface area contributed by atoms with Crippen molar-refractivity contribution in [3.8, 4) is 0 Å². The summed E-state index contributed by atoms with van der Waals surface area (Å²) >= 11 is 0. The predicted molar refractivity (Wildman–Crippen MR) is 73.7 cm³/mol. The number of nitrogens with two attached hydrogens (primary N) is 1. The van der Waals surface area contributed by atoms with E-state index in [4.69, 9.17) is 5.73 Å². The molecule has 5 heteroatoms. The van der Waals surface area contributed by atoms with Crippen molar-refractivity contribution in [2.24, 2.45) is 0 Å². The molecule has 0 saturated carbocycles. The maximum Gasteiger partial charge on any atom is 0.254 e. The van der Waals surface area contributed by atoms with E-state index in [1.807, 2.05) is 19.9 Å². The number of fused-ring (bicyclic) bond motifs is 1. The first-order chi connectivity index (χ1) is 8.97. The van der Waals surface area contributed by atoms with E-state index in [9.17, 15) is 9.59 Å². The first kappa shape index (κ1) is 13.4. The number of hydrogen-bond donors (Lipinski definition) is 2. The second-order valence-corrected chi connectivity index (χ2v) is 5.12. The van der Waals surface area contributed by atoms with Gasteiger partial charge < -0.3 is 16.0 Å². The highest BCUT2D eigenvalue weighted by Gasteiger charge is 2.25. The molecular formula is C14H19N3O2. The number of nitrogens with zero attached hydrogens (tertiary/aromatic N) is 1. The van der Waals surface area contributed by atoms with Gasteiger partial charge in [0.15, 0.2) is 0 Å². The van der Waals surface area contributed by atoms with Gasteiger partial charge in [0.1, 0.15) is 0 Å². The van der Waals surface area contributed by atoms with E-state index >= 15 is 0 Å². The van der Waals surface area contributed by atoms with Crippen molar-refractivity contribution in [1.82, 2.24) is 10.2 Å². The van der Waals surface area contributed by atoms with Crippen LogP contribution in [0.3, 0.4) is 0 Å². The van der Waals surface area contributed by atoms with Crippen LogP contribution in [0.2, 0.25) is 0 Å². The molecule has 5 nitrogen and oxygen atoms in total. The van der Waals surface area contributed by atoms with Crippen molar-refractivity contribution in [3.05, 3.63) is 29.3 Å². The summed E-state index contributed by atoms with van der Waals surface area (Å²) in [6.07, 6.45) is 0.760. The molecule has 0 saturated heterocycles. The largest absolute Gasteiger partial charge is 0.399 e. The molecule has 0 fully saturated rings. The summed E-state index contributed by atoms with van der Waals surface area (Å²) < 4.78 is 0. The number of rotatable bonds is 3. The van der Waals surface area contributed by atoms with Crippen LogP contribution in [0.5, 0.6) is 0 Å². The molecule has 0 bridgehead atoms. The van der Waals surface area contributed by atoms with Gasteiger partial charge in [0.05, 0.1) is 6.54 Å². The fraction of sp³-hybridized carbons (Fsp3) is 0.429. The van der Waals surface area contributed by atoms with Crippen molar-refractivity contribution in [3.63, 3.8) is 0 Å². The van der Waals surface area contributed by atoms with Gasteiger partial charge in [0, 0.05) is 23.8 Å². The Bertz CT molecular complexity index is 511. The van der Waals surface area contributed by atoms with Crippen LogP contribution < -0.4 is 11.1 Å². The maximum atomic E-state index is 12.3. The Labute approximate surface area is 112 Å². The number of amides is 2. The van der Waals surface area contributed by atoms with E-state index in [1.165, 1.54) is 0 Å². The van der Waals surface area contributed by atoms with Crippen molar-refractivity contribution >= 4 is 17.5 Å². The molecule has 0 unspecified atom stereocenters. The molecule has 1 aromatic carbocycles. The van der Waals surface area contributed by atoms with Crippen LogP contribution >= 0.6 is 0 Å². The van der Waals surface area contributed by atoms with Crippen molar-refractivity contribution in [1.29, 1.82) is 0 Å². The van der Waals surface area contributed by atoms with E-state index in [0.29, 0.717) is 17.8 Å². The van der Waals surface area contributed by atoms with E-state index < -0.39 is 0 Å². The summed E-state index contributed by atoms with van der Waals surface area (Å²) in [5.74, 6) is -0.247. The Balaban J connectivity index is 2.11. The topological polar surface area (TPSA) is 75.4 Å². The smallest absolute Gasteiger partial charge is 0.254 e. The molecule has 2 amide bonds. The molecule has 0 aromatic heterocycles. The predicted octanol–water partition coefficient (Wildman–Crippen LogP) is 0.792. The normalized spacial score (nSPS) is 14.5. The molecule has 1 aromatic rings. The SMILES string of the molecule is CC(C)NC(=O)CN1CCc2ccc(N)cc2C1=O. The summed E-state index contributed by atoms with van der Waals surface area (Å²) in [7, 11) is 0. The highest BCUT2D eigenvalue weighted by molar-refractivity contribution is 5.99. The summed E-state index contributed by atoms with van der Waals surface area (Å²) in [6, 6.07) is 5.45. The van der Waals surface area contributed by atoms with Gasteiger partial charge in [-0.25, -0.2) is 0 Å². The van der Waals surface area contributed by atoms with Gasteiger partial charge in [0.2, 0.25) is 5.91 Å². The molecule has 0 radical (unpaired) electrons. The van der Waals surface area contributed by atoms with Crippen LogP contribution in [0.1, 0.15) is 29.8 Å². The van der Waals surface area contributed by atoms with Gasteiger partial charge >= 0.3 is 0 Å². The van der Waals surface area contributed by atoms with Gasteiger partial charge in [-0.15, -0.1) is 0 Å². The van der Waals surface area contributed by atoms with Crippen LogP contribution in [0.15, 0.2) is 18.2 Å². The van der Waals surface area contributed by atoms with Gasteiger partial charge in [-0.3, -0.25) is 9.59 Å². The lowest BCUT2D eigenvalue weighted by Gasteiger charge is -2.28. The van der Waals surface area contributed by atoms with Crippen LogP contribution in [0, 0.1) is 0 Å². The molecule has 3 N–H and O–H groups in total. The summed E-state index contributed by atoms with van der Waals surface area (Å²) in [6.45, 7) is 4.46.